The van der Waals surface area contributed by atoms with Crippen LogP contribution in [-0.2, 0) is 30.3 Å². The van der Waals surface area contributed by atoms with Crippen LogP contribution < -0.4 is 26.6 Å². The summed E-state index contributed by atoms with van der Waals surface area (Å²) >= 11 is 6.24. The second kappa shape index (κ2) is 14.7. The van der Waals surface area contributed by atoms with E-state index >= 15 is 8.78 Å². The zero-order valence-corrected chi connectivity index (χ0v) is 27.9. The number of alkyl halides is 2. The second-order valence-electron chi connectivity index (χ2n) is 12.4. The lowest BCUT2D eigenvalue weighted by molar-refractivity contribution is -0.129. The maximum Gasteiger partial charge on any atom is 0.276 e. The van der Waals surface area contributed by atoms with Gasteiger partial charge in [-0.25, -0.2) is 22.2 Å². The van der Waals surface area contributed by atoms with Crippen LogP contribution in [0.1, 0.15) is 37.7 Å². The quantitative estimate of drug-likeness (QED) is 0.299. The van der Waals surface area contributed by atoms with Gasteiger partial charge in [0.1, 0.15) is 11.0 Å². The van der Waals surface area contributed by atoms with Crippen molar-refractivity contribution >= 4 is 44.9 Å². The molecule has 2 aromatic rings. The molecule has 1 saturated carbocycles. The van der Waals surface area contributed by atoms with Crippen molar-refractivity contribution in [2.75, 3.05) is 62.7 Å². The summed E-state index contributed by atoms with van der Waals surface area (Å²) in [7, 11) is -2.32. The van der Waals surface area contributed by atoms with Gasteiger partial charge >= 0.3 is 0 Å². The van der Waals surface area contributed by atoms with Gasteiger partial charge in [0.2, 0.25) is 21.8 Å². The molecule has 47 heavy (non-hydrogen) atoms. The minimum Gasteiger partial charge on any atom is -0.378 e. The van der Waals surface area contributed by atoms with E-state index in [1.54, 1.807) is 21.9 Å². The number of nitrogens with two attached hydrogens (primary N) is 2. The van der Waals surface area contributed by atoms with Crippen LogP contribution in [0.2, 0.25) is 5.15 Å². The van der Waals surface area contributed by atoms with Crippen LogP contribution in [0.3, 0.4) is 0 Å². The fraction of sp³-hybridized carbons (Fsp3) is 0.581. The maximum atomic E-state index is 15.9. The fourth-order valence-electron chi connectivity index (χ4n) is 6.50. The molecule has 3 heterocycles. The summed E-state index contributed by atoms with van der Waals surface area (Å²) in [6, 6.07) is 8.39. The normalized spacial score (nSPS) is 23.6. The number of nitrogens with zero attached hydrogens (tertiary/aromatic N) is 4. The summed E-state index contributed by atoms with van der Waals surface area (Å²) in [5.41, 5.74) is 11.8. The van der Waals surface area contributed by atoms with Crippen LogP contribution in [0.4, 0.5) is 20.3 Å². The van der Waals surface area contributed by atoms with E-state index in [-0.39, 0.29) is 110 Å². The van der Waals surface area contributed by atoms with Crippen LogP contribution in [0.25, 0.3) is 0 Å². The molecule has 0 radical (unpaired) electrons. The summed E-state index contributed by atoms with van der Waals surface area (Å²) in [4.78, 5) is 32.4. The van der Waals surface area contributed by atoms with Gasteiger partial charge in [0.25, 0.3) is 5.92 Å². The Kier molecular flexibility index (Phi) is 11.0. The highest BCUT2D eigenvalue weighted by Gasteiger charge is 2.44. The van der Waals surface area contributed by atoms with Crippen molar-refractivity contribution in [3.05, 3.63) is 47.1 Å². The lowest BCUT2D eigenvalue weighted by Crippen LogP contribution is -2.49. The van der Waals surface area contributed by atoms with Gasteiger partial charge in [-0.3, -0.25) is 9.59 Å². The van der Waals surface area contributed by atoms with E-state index in [4.69, 9.17) is 27.8 Å². The fourth-order valence-corrected chi connectivity index (χ4v) is 8.13. The monoisotopic (exact) mass is 697 g/mol. The molecule has 1 aromatic heterocycles. The topological polar surface area (TPSA) is 164 Å². The Morgan fingerprint density at radius 3 is 2.36 bits per heavy atom. The number of hydrogen-bond donors (Lipinski definition) is 3. The Labute approximate surface area is 278 Å². The molecule has 1 unspecified atom stereocenters. The average Bonchev–Trinajstić information content (AvgIpc) is 3.42. The van der Waals surface area contributed by atoms with E-state index in [0.717, 1.165) is 0 Å². The Bertz CT molecular complexity index is 1530. The van der Waals surface area contributed by atoms with Crippen molar-refractivity contribution in [3.63, 3.8) is 0 Å². The van der Waals surface area contributed by atoms with Crippen molar-refractivity contribution in [2.24, 2.45) is 23.3 Å². The molecule has 2 saturated heterocycles. The van der Waals surface area contributed by atoms with Crippen LogP contribution in [-0.4, -0.2) is 94.6 Å². The molecule has 2 amide bonds. The van der Waals surface area contributed by atoms with E-state index in [0.29, 0.717) is 25.1 Å². The molecule has 16 heteroatoms. The number of pyridine rings is 1. The molecule has 2 aliphatic heterocycles. The van der Waals surface area contributed by atoms with Crippen LogP contribution in [0.15, 0.2) is 41.3 Å². The number of methoxy groups -OCH3 is 1. The Hall–Kier alpha value is -2.95. The van der Waals surface area contributed by atoms with Crippen molar-refractivity contribution in [3.8, 4) is 0 Å². The molecule has 258 valence electrons. The van der Waals surface area contributed by atoms with Crippen molar-refractivity contribution in [1.29, 1.82) is 0 Å². The Morgan fingerprint density at radius 1 is 1.13 bits per heavy atom. The van der Waals surface area contributed by atoms with Gasteiger partial charge in [-0.05, 0) is 62.1 Å². The predicted molar refractivity (Wildman–Crippen MR) is 174 cm³/mol. The number of anilines is 2. The first-order valence-corrected chi connectivity index (χ1v) is 17.6. The number of carbonyl (C=O) groups is 2. The van der Waals surface area contributed by atoms with E-state index in [9.17, 15) is 18.0 Å². The summed E-state index contributed by atoms with van der Waals surface area (Å²) in [6.45, 7) is 1.59. The van der Waals surface area contributed by atoms with Gasteiger partial charge < -0.3 is 31.3 Å². The number of hydrogen-bond acceptors (Lipinski definition) is 9. The van der Waals surface area contributed by atoms with E-state index < -0.39 is 21.9 Å². The van der Waals surface area contributed by atoms with E-state index in [1.165, 1.54) is 35.7 Å². The van der Waals surface area contributed by atoms with Gasteiger partial charge in [0.15, 0.2) is 0 Å². The largest absolute Gasteiger partial charge is 0.378 e. The van der Waals surface area contributed by atoms with Gasteiger partial charge in [0, 0.05) is 88.5 Å². The van der Waals surface area contributed by atoms with E-state index in [2.05, 4.69) is 10.3 Å². The molecule has 5 rings (SSSR count). The predicted octanol–water partition coefficient (Wildman–Crippen LogP) is 2.30. The highest BCUT2D eigenvalue weighted by molar-refractivity contribution is 7.89. The summed E-state index contributed by atoms with van der Waals surface area (Å²) in [5, 5.41) is 2.73. The molecule has 5 N–H and O–H groups in total. The van der Waals surface area contributed by atoms with Gasteiger partial charge in [0.05, 0.1) is 11.0 Å². The summed E-state index contributed by atoms with van der Waals surface area (Å²) in [6.07, 6.45) is 0.959. The number of ether oxygens (including phenoxy) is 1. The van der Waals surface area contributed by atoms with E-state index in [1.807, 2.05) is 0 Å². The molecule has 3 fully saturated rings. The number of benzene rings is 1. The molecule has 12 nitrogen and oxygen atoms in total. The third-order valence-electron chi connectivity index (χ3n) is 9.38. The summed E-state index contributed by atoms with van der Waals surface area (Å²) < 4.78 is 65.0. The van der Waals surface area contributed by atoms with Crippen molar-refractivity contribution in [2.45, 2.75) is 55.1 Å². The number of halogens is 3. The smallest absolute Gasteiger partial charge is 0.276 e. The molecular formula is C31H42ClF2N7O5S. The van der Waals surface area contributed by atoms with Crippen LogP contribution in [0.5, 0.6) is 0 Å². The molecule has 1 aliphatic carbocycles. The van der Waals surface area contributed by atoms with Crippen molar-refractivity contribution in [1.82, 2.24) is 14.6 Å². The molecule has 1 aromatic carbocycles. The van der Waals surface area contributed by atoms with Gasteiger partial charge in [-0.1, -0.05) is 11.6 Å². The molecule has 3 aliphatic rings. The number of nitrogens with one attached hydrogen (secondary N) is 1. The third kappa shape index (κ3) is 7.86. The number of rotatable bonds is 11. The Balaban J connectivity index is 1.19. The summed E-state index contributed by atoms with van der Waals surface area (Å²) in [5.74, 6) is -4.56. The van der Waals surface area contributed by atoms with Gasteiger partial charge in [-0.15, -0.1) is 0 Å². The Morgan fingerprint density at radius 2 is 1.79 bits per heavy atom. The standard InChI is InChI=1S/C31H42ClF2N7O5S/c1-46-25(17-35)18-37-30(43)20-2-4-21(5-3-20)31(33,34)22-14-27(32)38-28(15-22)39-10-12-40(13-11-39)47(44,45)26-8-6-24(7-9-26)41-19-23(36)16-29(41)42/h6-9,14-15,20-21,23,25H,2-5,10-13,16-19,35-36H2,1H3,(H,37,43)/t20?,21?,23-,25?/m1/s1. The maximum absolute atomic E-state index is 15.9. The third-order valence-corrected chi connectivity index (χ3v) is 11.5. The molecular weight excluding hydrogens is 656 g/mol. The number of amides is 2. The number of piperazine rings is 1. The minimum absolute atomic E-state index is 0.0783. The minimum atomic E-state index is -3.84. The molecule has 0 spiro atoms. The zero-order valence-electron chi connectivity index (χ0n) is 26.3. The first kappa shape index (κ1) is 35.4. The molecule has 0 bridgehead atoms. The van der Waals surface area contributed by atoms with Crippen LogP contribution in [0, 0.1) is 11.8 Å². The zero-order chi connectivity index (χ0) is 33.9. The highest BCUT2D eigenvalue weighted by Crippen LogP contribution is 2.46. The first-order valence-electron chi connectivity index (χ1n) is 15.8. The number of sulfonamides is 1. The van der Waals surface area contributed by atoms with Gasteiger partial charge in [-0.2, -0.15) is 4.31 Å². The highest BCUT2D eigenvalue weighted by atomic mass is 35.5. The number of aromatic nitrogens is 1. The SMILES string of the molecule is COC(CN)CNC(=O)C1CCC(C(F)(F)c2cc(Cl)nc(N3CCN(S(=O)(=O)c4ccc(N5C[C@H](N)CC5=O)cc4)CC3)c2)CC1. The lowest BCUT2D eigenvalue weighted by atomic mass is 9.77. The second-order valence-corrected chi connectivity index (χ2v) is 14.7. The first-order chi connectivity index (χ1) is 22.3. The molecule has 2 atom stereocenters. The number of carbonyl (C=O) groups excluding carboxylic acids is 2. The van der Waals surface area contributed by atoms with Crippen LogP contribution >= 0.6 is 11.6 Å². The average molecular weight is 698 g/mol. The lowest BCUT2D eigenvalue weighted by Gasteiger charge is -2.36. The van der Waals surface area contributed by atoms with Crippen molar-refractivity contribution < 1.29 is 31.5 Å².